The summed E-state index contributed by atoms with van der Waals surface area (Å²) in [5, 5.41) is 12.6. The second-order valence-corrected chi connectivity index (χ2v) is 4.44. The first kappa shape index (κ1) is 14.6. The monoisotopic (exact) mass is 285 g/mol. The molecule has 0 spiro atoms. The minimum absolute atomic E-state index is 0.0432. The van der Waals surface area contributed by atoms with Crippen molar-refractivity contribution in [2.24, 2.45) is 0 Å². The van der Waals surface area contributed by atoms with E-state index in [0.717, 1.165) is 0 Å². The van der Waals surface area contributed by atoms with Gasteiger partial charge in [0.25, 0.3) is 5.91 Å². The van der Waals surface area contributed by atoms with Crippen molar-refractivity contribution in [3.63, 3.8) is 0 Å². The number of nitrogens with one attached hydrogen (secondary N) is 1. The number of ether oxygens (including phenoxy) is 1. The molecule has 2 aromatic carbocycles. The molecule has 0 radical (unpaired) electrons. The van der Waals surface area contributed by atoms with Gasteiger partial charge in [0.2, 0.25) is 0 Å². The number of amides is 1. The van der Waals surface area contributed by atoms with Gasteiger partial charge in [0, 0.05) is 11.3 Å². The number of hydrogen-bond donors (Lipinski definition) is 2. The van der Waals surface area contributed by atoms with Crippen LogP contribution in [-0.2, 0) is 0 Å². The van der Waals surface area contributed by atoms with Gasteiger partial charge in [0.15, 0.2) is 17.3 Å². The second kappa shape index (κ2) is 6.09. The molecule has 0 unspecified atom stereocenters. The largest absolute Gasteiger partial charge is 0.504 e. The Morgan fingerprint density at radius 3 is 2.33 bits per heavy atom. The van der Waals surface area contributed by atoms with Gasteiger partial charge in [-0.1, -0.05) is 6.07 Å². The maximum Gasteiger partial charge on any atom is 0.259 e. The fourth-order valence-corrected chi connectivity index (χ4v) is 1.86. The van der Waals surface area contributed by atoms with Crippen LogP contribution in [0.2, 0.25) is 0 Å². The molecule has 5 heteroatoms. The molecule has 0 aliphatic rings. The Labute approximate surface area is 122 Å². The third kappa shape index (κ3) is 3.20. The summed E-state index contributed by atoms with van der Waals surface area (Å²) in [6.07, 6.45) is 0. The third-order valence-corrected chi connectivity index (χ3v) is 3.01. The van der Waals surface area contributed by atoms with Crippen molar-refractivity contribution in [1.29, 1.82) is 0 Å². The number of carbonyl (C=O) groups excluding carboxylic acids is 2. The quantitative estimate of drug-likeness (QED) is 0.847. The average Bonchev–Trinajstić information content (AvgIpc) is 2.48. The van der Waals surface area contributed by atoms with Gasteiger partial charge in [0.1, 0.15) is 0 Å². The number of para-hydroxylation sites is 1. The van der Waals surface area contributed by atoms with E-state index in [-0.39, 0.29) is 22.8 Å². The highest BCUT2D eigenvalue weighted by Crippen LogP contribution is 2.29. The molecule has 2 aromatic rings. The smallest absolute Gasteiger partial charge is 0.259 e. The zero-order chi connectivity index (χ0) is 15.4. The van der Waals surface area contributed by atoms with E-state index < -0.39 is 5.91 Å². The minimum atomic E-state index is -0.457. The van der Waals surface area contributed by atoms with Crippen molar-refractivity contribution in [1.82, 2.24) is 0 Å². The highest BCUT2D eigenvalue weighted by atomic mass is 16.5. The molecule has 0 saturated carbocycles. The predicted octanol–water partition coefficient (Wildman–Crippen LogP) is 2.86. The van der Waals surface area contributed by atoms with Crippen molar-refractivity contribution in [3.8, 4) is 11.5 Å². The zero-order valence-electron chi connectivity index (χ0n) is 11.7. The van der Waals surface area contributed by atoms with E-state index in [1.165, 1.54) is 20.1 Å². The maximum absolute atomic E-state index is 12.1. The van der Waals surface area contributed by atoms with Gasteiger partial charge in [-0.05, 0) is 43.3 Å². The summed E-state index contributed by atoms with van der Waals surface area (Å²) in [5.74, 6) is -0.479. The molecule has 0 aromatic heterocycles. The number of Topliss-reactive ketones (excluding diaryl/α,β-unsaturated/α-hetero) is 1. The molecule has 0 atom stereocenters. The molecule has 0 aliphatic carbocycles. The second-order valence-electron chi connectivity index (χ2n) is 4.44. The highest BCUT2D eigenvalue weighted by Gasteiger charge is 2.14. The van der Waals surface area contributed by atoms with E-state index in [1.807, 2.05) is 0 Å². The molecular formula is C16H15NO4. The molecule has 0 aliphatic heterocycles. The highest BCUT2D eigenvalue weighted by molar-refractivity contribution is 6.06. The van der Waals surface area contributed by atoms with E-state index in [0.29, 0.717) is 11.3 Å². The number of methoxy groups -OCH3 is 1. The Balaban J connectivity index is 2.20. The third-order valence-electron chi connectivity index (χ3n) is 3.01. The van der Waals surface area contributed by atoms with Crippen molar-refractivity contribution >= 4 is 17.4 Å². The Bertz CT molecular complexity index is 677. The first-order chi connectivity index (χ1) is 10.0. The van der Waals surface area contributed by atoms with E-state index in [4.69, 9.17) is 4.74 Å². The van der Waals surface area contributed by atoms with Gasteiger partial charge < -0.3 is 15.2 Å². The fraction of sp³-hybridized carbons (Fsp3) is 0.125. The van der Waals surface area contributed by atoms with Crippen LogP contribution in [0.15, 0.2) is 42.5 Å². The lowest BCUT2D eigenvalue weighted by Gasteiger charge is -2.09. The number of phenolic OH excluding ortho intramolecular Hbond substituents is 1. The van der Waals surface area contributed by atoms with Crippen LogP contribution >= 0.6 is 0 Å². The molecule has 0 bridgehead atoms. The molecule has 2 N–H and O–H groups in total. The Kier molecular flexibility index (Phi) is 4.23. The molecule has 1 amide bonds. The van der Waals surface area contributed by atoms with E-state index in [9.17, 15) is 14.7 Å². The standard InChI is InChI=1S/C16H15NO4/c1-10(18)11-6-8-12(9-7-11)17-16(20)13-4-3-5-14(21-2)15(13)19/h3-9,19H,1-2H3,(H,17,20). The van der Waals surface area contributed by atoms with E-state index in [2.05, 4.69) is 5.32 Å². The summed E-state index contributed by atoms with van der Waals surface area (Å²) >= 11 is 0. The number of anilines is 1. The van der Waals surface area contributed by atoms with Crippen LogP contribution in [-0.4, -0.2) is 23.9 Å². The van der Waals surface area contributed by atoms with Crippen molar-refractivity contribution in [2.75, 3.05) is 12.4 Å². The van der Waals surface area contributed by atoms with Gasteiger partial charge in [-0.25, -0.2) is 0 Å². The first-order valence-electron chi connectivity index (χ1n) is 6.31. The number of phenols is 1. The number of aromatic hydroxyl groups is 1. The van der Waals surface area contributed by atoms with Crippen LogP contribution in [0.5, 0.6) is 11.5 Å². The molecule has 2 rings (SSSR count). The van der Waals surface area contributed by atoms with Crippen molar-refractivity contribution in [3.05, 3.63) is 53.6 Å². The lowest BCUT2D eigenvalue weighted by molar-refractivity contribution is 0.101. The minimum Gasteiger partial charge on any atom is -0.504 e. The van der Waals surface area contributed by atoms with Gasteiger partial charge in [-0.3, -0.25) is 9.59 Å². The maximum atomic E-state index is 12.1. The van der Waals surface area contributed by atoms with Crippen molar-refractivity contribution in [2.45, 2.75) is 6.92 Å². The summed E-state index contributed by atoms with van der Waals surface area (Å²) in [6, 6.07) is 11.2. The van der Waals surface area contributed by atoms with Gasteiger partial charge in [-0.15, -0.1) is 0 Å². The average molecular weight is 285 g/mol. The topological polar surface area (TPSA) is 75.6 Å². The summed E-state index contributed by atoms with van der Waals surface area (Å²) in [5.41, 5.74) is 1.22. The molecule has 0 saturated heterocycles. The van der Waals surface area contributed by atoms with Crippen LogP contribution in [0, 0.1) is 0 Å². The van der Waals surface area contributed by atoms with Gasteiger partial charge in [-0.2, -0.15) is 0 Å². The Morgan fingerprint density at radius 1 is 1.10 bits per heavy atom. The lowest BCUT2D eigenvalue weighted by Crippen LogP contribution is -2.12. The Hall–Kier alpha value is -2.82. The number of ketones is 1. The molecule has 108 valence electrons. The fourth-order valence-electron chi connectivity index (χ4n) is 1.86. The van der Waals surface area contributed by atoms with Gasteiger partial charge in [0.05, 0.1) is 12.7 Å². The normalized spacial score (nSPS) is 10.0. The van der Waals surface area contributed by atoms with E-state index in [1.54, 1.807) is 36.4 Å². The molecular weight excluding hydrogens is 270 g/mol. The van der Waals surface area contributed by atoms with Crippen LogP contribution in [0.3, 0.4) is 0 Å². The molecule has 21 heavy (non-hydrogen) atoms. The van der Waals surface area contributed by atoms with Crippen LogP contribution < -0.4 is 10.1 Å². The SMILES string of the molecule is COc1cccc(C(=O)Nc2ccc(C(C)=O)cc2)c1O. The summed E-state index contributed by atoms with van der Waals surface area (Å²) in [6.45, 7) is 1.47. The molecule has 0 fully saturated rings. The lowest BCUT2D eigenvalue weighted by atomic mass is 10.1. The molecule has 5 nitrogen and oxygen atoms in total. The van der Waals surface area contributed by atoms with Crippen LogP contribution in [0.25, 0.3) is 0 Å². The molecule has 0 heterocycles. The zero-order valence-corrected chi connectivity index (χ0v) is 11.7. The number of benzene rings is 2. The van der Waals surface area contributed by atoms with Gasteiger partial charge >= 0.3 is 0 Å². The van der Waals surface area contributed by atoms with Crippen LogP contribution in [0.1, 0.15) is 27.6 Å². The predicted molar refractivity (Wildman–Crippen MR) is 79.1 cm³/mol. The summed E-state index contributed by atoms with van der Waals surface area (Å²) in [7, 11) is 1.41. The first-order valence-corrected chi connectivity index (χ1v) is 6.31. The van der Waals surface area contributed by atoms with Crippen LogP contribution in [0.4, 0.5) is 5.69 Å². The number of hydrogen-bond acceptors (Lipinski definition) is 4. The van der Waals surface area contributed by atoms with Crippen molar-refractivity contribution < 1.29 is 19.4 Å². The van der Waals surface area contributed by atoms with E-state index >= 15 is 0 Å². The number of carbonyl (C=O) groups is 2. The summed E-state index contributed by atoms with van der Waals surface area (Å²) < 4.78 is 4.96. The summed E-state index contributed by atoms with van der Waals surface area (Å²) in [4.78, 5) is 23.3. The number of rotatable bonds is 4. The Morgan fingerprint density at radius 2 is 1.76 bits per heavy atom.